The minimum absolute atomic E-state index is 0.390. The van der Waals surface area contributed by atoms with Crippen LogP contribution in [0.5, 0.6) is 0 Å². The highest BCUT2D eigenvalue weighted by Gasteiger charge is 2.20. The molecule has 8 heteroatoms. The number of aromatic nitrogens is 2. The summed E-state index contributed by atoms with van der Waals surface area (Å²) in [7, 11) is 1.33. The van der Waals surface area contributed by atoms with Gasteiger partial charge in [-0.05, 0) is 48.4 Å². The Bertz CT molecular complexity index is 1450. The van der Waals surface area contributed by atoms with E-state index < -0.39 is 17.2 Å². The number of carbonyl (C=O) groups is 2. The molecule has 1 N–H and O–H groups in total. The average molecular weight is 458 g/mol. The summed E-state index contributed by atoms with van der Waals surface area (Å²) >= 11 is 1.19. The average Bonchev–Trinajstić information content (AvgIpc) is 3.22. The van der Waals surface area contributed by atoms with E-state index in [0.717, 1.165) is 16.6 Å². The number of thioether (sulfide) groups is 1. The Morgan fingerprint density at radius 3 is 2.58 bits per heavy atom. The van der Waals surface area contributed by atoms with Crippen LogP contribution in [0.3, 0.4) is 0 Å². The van der Waals surface area contributed by atoms with E-state index >= 15 is 0 Å². The first-order valence-corrected chi connectivity index (χ1v) is 10.9. The molecular formula is C25H19N3O4S. The van der Waals surface area contributed by atoms with E-state index in [1.807, 2.05) is 40.8 Å². The number of para-hydroxylation sites is 2. The topological polar surface area (TPSA) is 105 Å². The van der Waals surface area contributed by atoms with Crippen molar-refractivity contribution in [3.05, 3.63) is 76.9 Å². The summed E-state index contributed by atoms with van der Waals surface area (Å²) in [5.41, 5.74) is 4.28. The number of pyridine rings is 1. The first kappa shape index (κ1) is 22.1. The molecule has 0 saturated carbocycles. The fraction of sp³-hybridized carbons (Fsp3) is 0.120. The van der Waals surface area contributed by atoms with E-state index in [1.54, 1.807) is 37.3 Å². The number of esters is 1. The summed E-state index contributed by atoms with van der Waals surface area (Å²) in [6, 6.07) is 18.4. The first-order chi connectivity index (χ1) is 15.9. The normalized spacial score (nSPS) is 12.2. The standard InChI is InChI=1S/C25H19N3O4S/c1-15(24(29)30)33-22-13-18(12-9-16-7-10-17(11-8-16)25(31)32-2)19(14-26)23-27-20-5-3-4-6-21(20)28(22)23/h3-13,15H,1-2H3,(H,29,30). The van der Waals surface area contributed by atoms with E-state index in [-0.39, 0.29) is 0 Å². The molecule has 0 aliphatic heterocycles. The number of rotatable bonds is 6. The zero-order valence-corrected chi connectivity index (χ0v) is 18.7. The summed E-state index contributed by atoms with van der Waals surface area (Å²) in [5.74, 6) is -1.34. The molecule has 164 valence electrons. The largest absolute Gasteiger partial charge is 0.480 e. The van der Waals surface area contributed by atoms with Crippen molar-refractivity contribution >= 4 is 52.5 Å². The van der Waals surface area contributed by atoms with Crippen LogP contribution in [0.25, 0.3) is 28.8 Å². The molecule has 4 aromatic rings. The third kappa shape index (κ3) is 4.31. The Labute approximate surface area is 193 Å². The van der Waals surface area contributed by atoms with Gasteiger partial charge < -0.3 is 9.84 Å². The molecule has 2 aromatic carbocycles. The summed E-state index contributed by atoms with van der Waals surface area (Å²) in [6.45, 7) is 1.62. The molecule has 7 nitrogen and oxygen atoms in total. The molecule has 0 amide bonds. The molecule has 2 aromatic heterocycles. The third-order valence-corrected chi connectivity index (χ3v) is 6.21. The van der Waals surface area contributed by atoms with Gasteiger partial charge in [0.25, 0.3) is 0 Å². The molecular weight excluding hydrogens is 438 g/mol. The number of methoxy groups -OCH3 is 1. The van der Waals surface area contributed by atoms with Gasteiger partial charge in [-0.3, -0.25) is 9.20 Å². The molecule has 1 atom stereocenters. The predicted molar refractivity (Wildman–Crippen MR) is 127 cm³/mol. The minimum Gasteiger partial charge on any atom is -0.480 e. The quantitative estimate of drug-likeness (QED) is 0.325. The summed E-state index contributed by atoms with van der Waals surface area (Å²) in [5, 5.41) is 19.4. The van der Waals surface area contributed by atoms with Gasteiger partial charge in [0.15, 0.2) is 5.65 Å². The van der Waals surface area contributed by atoms with Crippen molar-refractivity contribution in [2.24, 2.45) is 0 Å². The van der Waals surface area contributed by atoms with Crippen LogP contribution in [-0.2, 0) is 9.53 Å². The number of carboxylic acids is 1. The zero-order chi connectivity index (χ0) is 23.5. The van der Waals surface area contributed by atoms with Crippen molar-refractivity contribution in [1.29, 1.82) is 5.26 Å². The van der Waals surface area contributed by atoms with Gasteiger partial charge in [-0.25, -0.2) is 9.78 Å². The van der Waals surface area contributed by atoms with Crippen LogP contribution in [0.15, 0.2) is 59.6 Å². The number of ether oxygens (including phenoxy) is 1. The molecule has 0 bridgehead atoms. The van der Waals surface area contributed by atoms with E-state index in [2.05, 4.69) is 11.1 Å². The lowest BCUT2D eigenvalue weighted by Crippen LogP contribution is -2.12. The molecule has 0 fully saturated rings. The van der Waals surface area contributed by atoms with Crippen LogP contribution in [-0.4, -0.2) is 38.8 Å². The zero-order valence-electron chi connectivity index (χ0n) is 17.9. The maximum absolute atomic E-state index is 11.6. The van der Waals surface area contributed by atoms with Crippen molar-refractivity contribution < 1.29 is 19.4 Å². The van der Waals surface area contributed by atoms with Crippen LogP contribution in [0.4, 0.5) is 0 Å². The minimum atomic E-state index is -0.926. The Balaban J connectivity index is 1.85. The Morgan fingerprint density at radius 2 is 1.91 bits per heavy atom. The van der Waals surface area contributed by atoms with E-state index in [4.69, 9.17) is 4.74 Å². The number of aliphatic carboxylic acids is 1. The fourth-order valence-corrected chi connectivity index (χ4v) is 4.36. The predicted octanol–water partition coefficient (Wildman–Crippen LogP) is 4.88. The Morgan fingerprint density at radius 1 is 1.18 bits per heavy atom. The summed E-state index contributed by atoms with van der Waals surface area (Å²) in [6.07, 6.45) is 3.62. The van der Waals surface area contributed by atoms with Crippen LogP contribution in [0, 0.1) is 11.3 Å². The molecule has 0 saturated heterocycles. The highest BCUT2D eigenvalue weighted by Crippen LogP contribution is 2.32. The van der Waals surface area contributed by atoms with Gasteiger partial charge in [-0.1, -0.05) is 48.2 Å². The van der Waals surface area contributed by atoms with Crippen LogP contribution >= 0.6 is 11.8 Å². The number of hydrogen-bond donors (Lipinski definition) is 1. The lowest BCUT2D eigenvalue weighted by atomic mass is 10.1. The first-order valence-electron chi connectivity index (χ1n) is 10.0. The number of carboxylic acid groups (broad SMARTS) is 1. The molecule has 1 unspecified atom stereocenters. The Hall–Kier alpha value is -4.09. The second-order valence-corrected chi connectivity index (χ2v) is 8.59. The monoisotopic (exact) mass is 457 g/mol. The third-order valence-electron chi connectivity index (χ3n) is 5.12. The fourth-order valence-electron chi connectivity index (χ4n) is 3.41. The van der Waals surface area contributed by atoms with E-state index in [0.29, 0.717) is 27.4 Å². The maximum Gasteiger partial charge on any atom is 0.337 e. The summed E-state index contributed by atoms with van der Waals surface area (Å²) < 4.78 is 6.55. The maximum atomic E-state index is 11.6. The van der Waals surface area contributed by atoms with Gasteiger partial charge in [-0.2, -0.15) is 5.26 Å². The SMILES string of the molecule is COC(=O)c1ccc(C=Cc2cc(SC(C)C(=O)O)n3c(nc4ccccc43)c2C#N)cc1. The smallest absolute Gasteiger partial charge is 0.337 e. The number of imidazole rings is 1. The van der Waals surface area contributed by atoms with Crippen molar-refractivity contribution in [3.63, 3.8) is 0 Å². The van der Waals surface area contributed by atoms with Gasteiger partial charge in [0.05, 0.1) is 28.7 Å². The van der Waals surface area contributed by atoms with Gasteiger partial charge in [0.2, 0.25) is 0 Å². The number of fused-ring (bicyclic) bond motifs is 3. The molecule has 0 aliphatic rings. The number of nitriles is 1. The van der Waals surface area contributed by atoms with Crippen molar-refractivity contribution in [1.82, 2.24) is 9.38 Å². The highest BCUT2D eigenvalue weighted by molar-refractivity contribution is 8.00. The second kappa shape index (κ2) is 9.18. The van der Waals surface area contributed by atoms with E-state index in [1.165, 1.54) is 18.9 Å². The second-order valence-electron chi connectivity index (χ2n) is 7.23. The van der Waals surface area contributed by atoms with Gasteiger partial charge in [0.1, 0.15) is 16.9 Å². The number of nitrogens with zero attached hydrogens (tertiary/aromatic N) is 3. The number of carbonyl (C=O) groups excluding carboxylic acids is 1. The van der Waals surface area contributed by atoms with Gasteiger partial charge in [0, 0.05) is 0 Å². The van der Waals surface area contributed by atoms with Crippen molar-refractivity contribution in [2.45, 2.75) is 17.2 Å². The van der Waals surface area contributed by atoms with Gasteiger partial charge >= 0.3 is 11.9 Å². The lowest BCUT2D eigenvalue weighted by molar-refractivity contribution is -0.136. The molecule has 4 rings (SSSR count). The van der Waals surface area contributed by atoms with Gasteiger partial charge in [-0.15, -0.1) is 0 Å². The highest BCUT2D eigenvalue weighted by atomic mass is 32.2. The van der Waals surface area contributed by atoms with Crippen LogP contribution < -0.4 is 0 Å². The lowest BCUT2D eigenvalue weighted by Gasteiger charge is -2.12. The molecule has 0 aliphatic carbocycles. The molecule has 0 spiro atoms. The van der Waals surface area contributed by atoms with Crippen LogP contribution in [0.2, 0.25) is 0 Å². The summed E-state index contributed by atoms with van der Waals surface area (Å²) in [4.78, 5) is 27.8. The Kier molecular flexibility index (Phi) is 6.16. The van der Waals surface area contributed by atoms with E-state index in [9.17, 15) is 20.0 Å². The molecule has 2 heterocycles. The number of benzene rings is 2. The van der Waals surface area contributed by atoms with Crippen LogP contribution in [0.1, 0.15) is 34.0 Å². The number of hydrogen-bond acceptors (Lipinski definition) is 6. The van der Waals surface area contributed by atoms with Crippen molar-refractivity contribution in [3.8, 4) is 6.07 Å². The van der Waals surface area contributed by atoms with Crippen molar-refractivity contribution in [2.75, 3.05) is 7.11 Å². The molecule has 33 heavy (non-hydrogen) atoms. The molecule has 0 radical (unpaired) electrons.